The SMILES string of the molecule is CCc1nnc(N(C)CC2CCCC2)c(C(N)=S)c1CC. The molecule has 1 aromatic heterocycles. The number of nitrogens with two attached hydrogens (primary N) is 1. The summed E-state index contributed by atoms with van der Waals surface area (Å²) in [6.07, 6.45) is 7.07. The quantitative estimate of drug-likeness (QED) is 0.819. The molecule has 1 fully saturated rings. The van der Waals surface area contributed by atoms with Gasteiger partial charge in [-0.1, -0.05) is 38.9 Å². The number of aromatic nitrogens is 2. The summed E-state index contributed by atoms with van der Waals surface area (Å²) in [7, 11) is 2.08. The molecule has 0 atom stereocenters. The Hall–Kier alpha value is -1.23. The van der Waals surface area contributed by atoms with Gasteiger partial charge in [-0.3, -0.25) is 0 Å². The van der Waals surface area contributed by atoms with Gasteiger partial charge in [0.1, 0.15) is 4.99 Å². The minimum Gasteiger partial charge on any atom is -0.389 e. The van der Waals surface area contributed by atoms with Crippen molar-refractivity contribution in [2.45, 2.75) is 52.4 Å². The average molecular weight is 306 g/mol. The Labute approximate surface area is 133 Å². The molecule has 0 aliphatic heterocycles. The lowest BCUT2D eigenvalue weighted by Crippen LogP contribution is -2.29. The van der Waals surface area contributed by atoms with Gasteiger partial charge in [0.25, 0.3) is 0 Å². The molecule has 0 unspecified atom stereocenters. The van der Waals surface area contributed by atoms with Crippen LogP contribution in [0.1, 0.15) is 56.4 Å². The maximum atomic E-state index is 6.00. The fourth-order valence-electron chi connectivity index (χ4n) is 3.36. The molecule has 0 spiro atoms. The monoisotopic (exact) mass is 306 g/mol. The Morgan fingerprint density at radius 1 is 1.24 bits per heavy atom. The molecular formula is C16H26N4S. The van der Waals surface area contributed by atoms with Crippen molar-refractivity contribution in [2.75, 3.05) is 18.5 Å². The highest BCUT2D eigenvalue weighted by molar-refractivity contribution is 7.80. The van der Waals surface area contributed by atoms with Gasteiger partial charge in [-0.2, -0.15) is 5.10 Å². The first-order valence-electron chi connectivity index (χ1n) is 7.97. The van der Waals surface area contributed by atoms with E-state index in [4.69, 9.17) is 18.0 Å². The van der Waals surface area contributed by atoms with Crippen molar-refractivity contribution >= 4 is 23.0 Å². The number of anilines is 1. The number of thiocarbonyl (C=S) groups is 1. The van der Waals surface area contributed by atoms with Crippen molar-refractivity contribution in [3.63, 3.8) is 0 Å². The third kappa shape index (κ3) is 3.51. The predicted octanol–water partition coefficient (Wildman–Crippen LogP) is 2.86. The summed E-state index contributed by atoms with van der Waals surface area (Å²) in [6.45, 7) is 5.23. The van der Waals surface area contributed by atoms with Crippen LogP contribution in [0.25, 0.3) is 0 Å². The number of hydrogen-bond acceptors (Lipinski definition) is 4. The van der Waals surface area contributed by atoms with Crippen LogP contribution in [-0.2, 0) is 12.8 Å². The topological polar surface area (TPSA) is 55.0 Å². The molecule has 4 nitrogen and oxygen atoms in total. The normalized spacial score (nSPS) is 15.4. The predicted molar refractivity (Wildman–Crippen MR) is 91.9 cm³/mol. The van der Waals surface area contributed by atoms with Gasteiger partial charge >= 0.3 is 0 Å². The highest BCUT2D eigenvalue weighted by Crippen LogP contribution is 2.28. The van der Waals surface area contributed by atoms with E-state index < -0.39 is 0 Å². The zero-order valence-corrected chi connectivity index (χ0v) is 14.2. The van der Waals surface area contributed by atoms with Crippen LogP contribution in [0.3, 0.4) is 0 Å². The van der Waals surface area contributed by atoms with Crippen molar-refractivity contribution in [1.82, 2.24) is 10.2 Å². The highest BCUT2D eigenvalue weighted by atomic mass is 32.1. The molecule has 116 valence electrons. The summed E-state index contributed by atoms with van der Waals surface area (Å²) in [5.41, 5.74) is 9.10. The summed E-state index contributed by atoms with van der Waals surface area (Å²) < 4.78 is 0. The Morgan fingerprint density at radius 2 is 1.90 bits per heavy atom. The zero-order valence-electron chi connectivity index (χ0n) is 13.4. The Balaban J connectivity index is 2.35. The third-order valence-corrected chi connectivity index (χ3v) is 4.65. The third-order valence-electron chi connectivity index (χ3n) is 4.44. The largest absolute Gasteiger partial charge is 0.389 e. The summed E-state index contributed by atoms with van der Waals surface area (Å²) in [5, 5.41) is 8.83. The second-order valence-electron chi connectivity index (χ2n) is 5.93. The zero-order chi connectivity index (χ0) is 15.4. The molecule has 0 bridgehead atoms. The standard InChI is InChI=1S/C16H26N4S/c1-4-12-13(5-2)18-19-16(14(12)15(17)21)20(3)10-11-8-6-7-9-11/h11H,4-10H2,1-3H3,(H2,17,21). The molecule has 0 radical (unpaired) electrons. The van der Waals surface area contributed by atoms with Gasteiger partial charge in [0.2, 0.25) is 0 Å². The van der Waals surface area contributed by atoms with E-state index in [-0.39, 0.29) is 0 Å². The van der Waals surface area contributed by atoms with Crippen molar-refractivity contribution in [3.8, 4) is 0 Å². The fraction of sp³-hybridized carbons (Fsp3) is 0.688. The molecule has 5 heteroatoms. The molecule has 1 saturated carbocycles. The van der Waals surface area contributed by atoms with E-state index in [9.17, 15) is 0 Å². The number of hydrogen-bond donors (Lipinski definition) is 1. The lowest BCUT2D eigenvalue weighted by molar-refractivity contribution is 0.543. The van der Waals surface area contributed by atoms with Crippen LogP contribution in [0.5, 0.6) is 0 Å². The molecule has 0 aromatic carbocycles. The molecule has 0 amide bonds. The molecule has 0 saturated heterocycles. The van der Waals surface area contributed by atoms with E-state index in [1.54, 1.807) is 0 Å². The van der Waals surface area contributed by atoms with Crippen LogP contribution >= 0.6 is 12.2 Å². The summed E-state index contributed by atoms with van der Waals surface area (Å²) in [6, 6.07) is 0. The second kappa shape index (κ2) is 7.16. The van der Waals surface area contributed by atoms with Crippen LogP contribution in [0.2, 0.25) is 0 Å². The van der Waals surface area contributed by atoms with Gasteiger partial charge in [0.15, 0.2) is 5.82 Å². The van der Waals surface area contributed by atoms with E-state index in [0.717, 1.165) is 47.9 Å². The van der Waals surface area contributed by atoms with Crippen LogP contribution in [0, 0.1) is 5.92 Å². The van der Waals surface area contributed by atoms with Crippen LogP contribution < -0.4 is 10.6 Å². The molecule has 2 N–H and O–H groups in total. The summed E-state index contributed by atoms with van der Waals surface area (Å²) in [4.78, 5) is 2.63. The molecule has 1 aliphatic rings. The van der Waals surface area contributed by atoms with Gasteiger partial charge in [-0.25, -0.2) is 0 Å². The second-order valence-corrected chi connectivity index (χ2v) is 6.37. The number of nitrogens with zero attached hydrogens (tertiary/aromatic N) is 3. The minimum absolute atomic E-state index is 0.435. The lowest BCUT2D eigenvalue weighted by atomic mass is 10.0. The maximum Gasteiger partial charge on any atom is 0.161 e. The van der Waals surface area contributed by atoms with Gasteiger partial charge in [-0.15, -0.1) is 5.10 Å². The Bertz CT molecular complexity index is 509. The van der Waals surface area contributed by atoms with Crippen LogP contribution in [0.4, 0.5) is 5.82 Å². The Morgan fingerprint density at radius 3 is 2.43 bits per heavy atom. The fourth-order valence-corrected chi connectivity index (χ4v) is 3.57. The van der Waals surface area contributed by atoms with E-state index in [1.165, 1.54) is 25.7 Å². The summed E-state index contributed by atoms with van der Waals surface area (Å²) >= 11 is 5.30. The van der Waals surface area contributed by atoms with E-state index in [1.807, 2.05) is 0 Å². The first-order chi connectivity index (χ1) is 10.1. The molecular weight excluding hydrogens is 280 g/mol. The first-order valence-corrected chi connectivity index (χ1v) is 8.38. The minimum atomic E-state index is 0.435. The number of aryl methyl sites for hydroxylation is 1. The van der Waals surface area contributed by atoms with Crippen molar-refractivity contribution in [3.05, 3.63) is 16.8 Å². The molecule has 2 rings (SSSR count). The van der Waals surface area contributed by atoms with Crippen molar-refractivity contribution < 1.29 is 0 Å². The van der Waals surface area contributed by atoms with E-state index in [2.05, 4.69) is 36.0 Å². The van der Waals surface area contributed by atoms with Crippen molar-refractivity contribution in [1.29, 1.82) is 0 Å². The molecule has 21 heavy (non-hydrogen) atoms. The lowest BCUT2D eigenvalue weighted by Gasteiger charge is -2.25. The van der Waals surface area contributed by atoms with Crippen LogP contribution in [0.15, 0.2) is 0 Å². The summed E-state index contributed by atoms with van der Waals surface area (Å²) in [5.74, 6) is 1.61. The number of rotatable bonds is 6. The van der Waals surface area contributed by atoms with Gasteiger partial charge in [0, 0.05) is 13.6 Å². The first kappa shape index (κ1) is 16.1. The molecule has 1 heterocycles. The van der Waals surface area contributed by atoms with Gasteiger partial charge in [-0.05, 0) is 37.2 Å². The average Bonchev–Trinajstić information content (AvgIpc) is 2.98. The Kier molecular flexibility index (Phi) is 5.51. The van der Waals surface area contributed by atoms with E-state index in [0.29, 0.717) is 4.99 Å². The van der Waals surface area contributed by atoms with E-state index >= 15 is 0 Å². The molecule has 1 aliphatic carbocycles. The smallest absolute Gasteiger partial charge is 0.161 e. The van der Waals surface area contributed by atoms with Crippen LogP contribution in [-0.4, -0.2) is 28.8 Å². The highest BCUT2D eigenvalue weighted by Gasteiger charge is 2.22. The van der Waals surface area contributed by atoms with Crippen molar-refractivity contribution in [2.24, 2.45) is 11.7 Å². The van der Waals surface area contributed by atoms with Gasteiger partial charge in [0.05, 0.1) is 11.3 Å². The molecule has 1 aromatic rings. The van der Waals surface area contributed by atoms with Gasteiger partial charge < -0.3 is 10.6 Å². The maximum absolute atomic E-state index is 6.00.